The number of halogens is 1. The molecule has 0 bridgehead atoms. The maximum atomic E-state index is 10.9. The van der Waals surface area contributed by atoms with E-state index in [4.69, 9.17) is 0 Å². The Morgan fingerprint density at radius 1 is 1.25 bits per heavy atom. The number of benzene rings is 2. The van der Waals surface area contributed by atoms with E-state index in [0.29, 0.717) is 11.0 Å². The van der Waals surface area contributed by atoms with Crippen molar-refractivity contribution in [2.24, 2.45) is 0 Å². The van der Waals surface area contributed by atoms with E-state index in [-0.39, 0.29) is 10.6 Å². The average molecular weight is 335 g/mol. The number of anilines is 1. The number of rotatable bonds is 4. The molecule has 0 radical (unpaired) electrons. The predicted octanol–water partition coefficient (Wildman–Crippen LogP) is 4.30. The third kappa shape index (κ3) is 3.17. The molecule has 0 aromatic heterocycles. The third-order valence-electron chi connectivity index (χ3n) is 3.10. The zero-order chi connectivity index (χ0) is 14.7. The molecule has 5 heteroatoms. The van der Waals surface area contributed by atoms with Crippen LogP contribution in [-0.4, -0.2) is 12.0 Å². The van der Waals surface area contributed by atoms with Crippen LogP contribution >= 0.6 is 15.9 Å². The topological polar surface area (TPSA) is 46.4 Å². The molecule has 0 amide bonds. The minimum Gasteiger partial charge on any atom is -0.370 e. The van der Waals surface area contributed by atoms with Crippen molar-refractivity contribution in [1.82, 2.24) is 0 Å². The highest BCUT2D eigenvalue weighted by atomic mass is 79.9. The summed E-state index contributed by atoms with van der Waals surface area (Å²) in [5, 5.41) is 10.9. The highest BCUT2D eigenvalue weighted by molar-refractivity contribution is 9.10. The molecule has 104 valence electrons. The molecule has 4 nitrogen and oxygen atoms in total. The quantitative estimate of drug-likeness (QED) is 0.618. The molecule has 0 saturated carbocycles. The molecule has 0 unspecified atom stereocenters. The van der Waals surface area contributed by atoms with Crippen LogP contribution in [0.5, 0.6) is 0 Å². The van der Waals surface area contributed by atoms with Gasteiger partial charge in [-0.15, -0.1) is 0 Å². The number of nitro benzene ring substituents is 1. The van der Waals surface area contributed by atoms with Gasteiger partial charge in [0.05, 0.1) is 4.92 Å². The fourth-order valence-electron chi connectivity index (χ4n) is 2.04. The van der Waals surface area contributed by atoms with Gasteiger partial charge in [0.15, 0.2) is 0 Å². The van der Waals surface area contributed by atoms with Crippen LogP contribution in [0.15, 0.2) is 46.9 Å². The fourth-order valence-corrected chi connectivity index (χ4v) is 2.58. The zero-order valence-electron chi connectivity index (χ0n) is 11.3. The molecule has 0 N–H and O–H groups in total. The maximum absolute atomic E-state index is 10.9. The van der Waals surface area contributed by atoms with Gasteiger partial charge in [0.1, 0.15) is 4.47 Å². The van der Waals surface area contributed by atoms with Gasteiger partial charge in [-0.1, -0.05) is 24.3 Å². The van der Waals surface area contributed by atoms with E-state index in [1.807, 2.05) is 38.2 Å². The summed E-state index contributed by atoms with van der Waals surface area (Å²) in [7, 11) is 1.97. The van der Waals surface area contributed by atoms with Crippen molar-refractivity contribution in [3.05, 3.63) is 68.2 Å². The first-order valence-corrected chi connectivity index (χ1v) is 6.98. The summed E-state index contributed by atoms with van der Waals surface area (Å²) in [4.78, 5) is 12.6. The Morgan fingerprint density at radius 2 is 1.95 bits per heavy atom. The van der Waals surface area contributed by atoms with E-state index >= 15 is 0 Å². The summed E-state index contributed by atoms with van der Waals surface area (Å²) < 4.78 is 0.546. The second-order valence-corrected chi connectivity index (χ2v) is 5.50. The summed E-state index contributed by atoms with van der Waals surface area (Å²) >= 11 is 3.33. The molecule has 2 rings (SSSR count). The van der Waals surface area contributed by atoms with Crippen molar-refractivity contribution in [3.8, 4) is 0 Å². The first kappa shape index (κ1) is 14.5. The fraction of sp³-hybridized carbons (Fsp3) is 0.200. The van der Waals surface area contributed by atoms with Crippen molar-refractivity contribution in [3.63, 3.8) is 0 Å². The van der Waals surface area contributed by atoms with Gasteiger partial charge in [-0.25, -0.2) is 0 Å². The van der Waals surface area contributed by atoms with Crippen molar-refractivity contribution < 1.29 is 4.92 Å². The number of nitro groups is 1. The number of hydrogen-bond acceptors (Lipinski definition) is 3. The first-order chi connectivity index (χ1) is 9.49. The minimum absolute atomic E-state index is 0.0974. The molecule has 0 aliphatic rings. The molecular formula is C15H15BrN2O2. The van der Waals surface area contributed by atoms with Gasteiger partial charge in [-0.2, -0.15) is 0 Å². The SMILES string of the molecule is Cc1cccc(N(C)Cc2cccc([N+](=O)[O-])c2Br)c1. The van der Waals surface area contributed by atoms with E-state index in [1.54, 1.807) is 6.07 Å². The van der Waals surface area contributed by atoms with Gasteiger partial charge in [0, 0.05) is 25.3 Å². The summed E-state index contributed by atoms with van der Waals surface area (Å²) in [5.74, 6) is 0. The highest BCUT2D eigenvalue weighted by Gasteiger charge is 2.15. The Bertz CT molecular complexity index is 644. The lowest BCUT2D eigenvalue weighted by molar-refractivity contribution is -0.385. The highest BCUT2D eigenvalue weighted by Crippen LogP contribution is 2.29. The van der Waals surface area contributed by atoms with Crippen molar-refractivity contribution >= 4 is 27.3 Å². The summed E-state index contributed by atoms with van der Waals surface area (Å²) in [6.45, 7) is 2.65. The largest absolute Gasteiger partial charge is 0.370 e. The third-order valence-corrected chi connectivity index (χ3v) is 4.02. The van der Waals surface area contributed by atoms with Crippen LogP contribution in [0.3, 0.4) is 0 Å². The smallest absolute Gasteiger partial charge is 0.283 e. The van der Waals surface area contributed by atoms with E-state index in [2.05, 4.69) is 26.9 Å². The van der Waals surface area contributed by atoms with Crippen LogP contribution in [0.1, 0.15) is 11.1 Å². The van der Waals surface area contributed by atoms with Gasteiger partial charge >= 0.3 is 0 Å². The zero-order valence-corrected chi connectivity index (χ0v) is 12.9. The maximum Gasteiger partial charge on any atom is 0.283 e. The summed E-state index contributed by atoms with van der Waals surface area (Å²) in [6.07, 6.45) is 0. The standard InChI is InChI=1S/C15H15BrN2O2/c1-11-5-3-7-13(9-11)17(2)10-12-6-4-8-14(15(12)16)18(19)20/h3-9H,10H2,1-2H3. The molecule has 2 aromatic rings. The van der Waals surface area contributed by atoms with Gasteiger partial charge < -0.3 is 4.90 Å². The average Bonchev–Trinajstić information content (AvgIpc) is 2.40. The molecule has 0 heterocycles. The molecule has 0 fully saturated rings. The summed E-state index contributed by atoms with van der Waals surface area (Å²) in [5.41, 5.74) is 3.26. The Hall–Kier alpha value is -1.88. The monoisotopic (exact) mass is 334 g/mol. The Balaban J connectivity index is 2.26. The second-order valence-electron chi connectivity index (χ2n) is 4.70. The van der Waals surface area contributed by atoms with E-state index in [9.17, 15) is 10.1 Å². The van der Waals surface area contributed by atoms with Crippen LogP contribution in [-0.2, 0) is 6.54 Å². The minimum atomic E-state index is -0.375. The van der Waals surface area contributed by atoms with Crippen molar-refractivity contribution in [1.29, 1.82) is 0 Å². The lowest BCUT2D eigenvalue weighted by atomic mass is 10.1. The van der Waals surface area contributed by atoms with Gasteiger partial charge in [0.2, 0.25) is 0 Å². The lowest BCUT2D eigenvalue weighted by Gasteiger charge is -2.20. The van der Waals surface area contributed by atoms with Crippen LogP contribution in [0.4, 0.5) is 11.4 Å². The van der Waals surface area contributed by atoms with Crippen LogP contribution in [0, 0.1) is 17.0 Å². The molecule has 0 atom stereocenters. The first-order valence-electron chi connectivity index (χ1n) is 6.18. The Morgan fingerprint density at radius 3 is 2.60 bits per heavy atom. The molecule has 20 heavy (non-hydrogen) atoms. The van der Waals surface area contributed by atoms with Gasteiger partial charge in [-0.05, 0) is 46.1 Å². The Kier molecular flexibility index (Phi) is 4.39. The van der Waals surface area contributed by atoms with E-state index < -0.39 is 0 Å². The van der Waals surface area contributed by atoms with E-state index in [0.717, 1.165) is 11.3 Å². The van der Waals surface area contributed by atoms with Crippen LogP contribution < -0.4 is 4.90 Å². The molecule has 0 saturated heterocycles. The molecule has 0 aliphatic carbocycles. The van der Waals surface area contributed by atoms with Gasteiger partial charge in [0.25, 0.3) is 5.69 Å². The second kappa shape index (κ2) is 6.05. The lowest BCUT2D eigenvalue weighted by Crippen LogP contribution is -2.16. The summed E-state index contributed by atoms with van der Waals surface area (Å²) in [6, 6.07) is 13.3. The molecule has 0 spiro atoms. The molecule has 2 aromatic carbocycles. The molecular weight excluding hydrogens is 320 g/mol. The van der Waals surface area contributed by atoms with Crippen molar-refractivity contribution in [2.75, 3.05) is 11.9 Å². The number of hydrogen-bond donors (Lipinski definition) is 0. The van der Waals surface area contributed by atoms with Crippen molar-refractivity contribution in [2.45, 2.75) is 13.5 Å². The normalized spacial score (nSPS) is 10.3. The van der Waals surface area contributed by atoms with Crippen LogP contribution in [0.2, 0.25) is 0 Å². The molecule has 0 aliphatic heterocycles. The van der Waals surface area contributed by atoms with Crippen LogP contribution in [0.25, 0.3) is 0 Å². The predicted molar refractivity (Wildman–Crippen MR) is 84.1 cm³/mol. The number of aryl methyl sites for hydroxylation is 1. The Labute approximate surface area is 126 Å². The van der Waals surface area contributed by atoms with E-state index in [1.165, 1.54) is 11.6 Å². The number of nitrogens with zero attached hydrogens (tertiary/aromatic N) is 2. The van der Waals surface area contributed by atoms with Gasteiger partial charge in [-0.3, -0.25) is 10.1 Å².